The highest BCUT2D eigenvalue weighted by atomic mass is 127. The van der Waals surface area contributed by atoms with Gasteiger partial charge in [-0.1, -0.05) is 16.8 Å². The Morgan fingerprint density at radius 2 is 2.17 bits per heavy atom. The number of hydrogen-bond donors (Lipinski definition) is 1. The molecule has 2 aromatic rings. The second kappa shape index (κ2) is 4.47. The maximum absolute atomic E-state index is 6.17. The summed E-state index contributed by atoms with van der Waals surface area (Å²) in [7, 11) is 0. The van der Waals surface area contributed by atoms with Gasteiger partial charge in [-0.3, -0.25) is 0 Å². The number of rotatable bonds is 2. The summed E-state index contributed by atoms with van der Waals surface area (Å²) in [5.41, 5.74) is 6.50. The summed E-state index contributed by atoms with van der Waals surface area (Å²) in [6.45, 7) is 0. The molecule has 0 unspecified atom stereocenters. The van der Waals surface area contributed by atoms with Crippen LogP contribution in [0.2, 0.25) is 5.02 Å². The van der Waals surface area contributed by atoms with Crippen LogP contribution in [-0.4, -0.2) is 10.1 Å². The molecule has 1 aliphatic rings. The van der Waals surface area contributed by atoms with Crippen LogP contribution in [-0.2, 0) is 5.54 Å². The van der Waals surface area contributed by atoms with Crippen LogP contribution in [0.4, 0.5) is 0 Å². The molecule has 0 atom stereocenters. The predicted molar refractivity (Wildman–Crippen MR) is 77.2 cm³/mol. The molecule has 0 amide bonds. The fourth-order valence-electron chi connectivity index (χ4n) is 1.98. The minimum Gasteiger partial charge on any atom is -0.334 e. The summed E-state index contributed by atoms with van der Waals surface area (Å²) in [6.07, 6.45) is 2.93. The van der Waals surface area contributed by atoms with E-state index < -0.39 is 5.54 Å². The van der Waals surface area contributed by atoms with Gasteiger partial charge in [-0.15, -0.1) is 0 Å². The number of nitrogens with two attached hydrogens (primary N) is 1. The van der Waals surface area contributed by atoms with Crippen molar-refractivity contribution >= 4 is 34.2 Å². The summed E-state index contributed by atoms with van der Waals surface area (Å²) < 4.78 is 6.33. The molecule has 2 N–H and O–H groups in total. The first-order valence-electron chi connectivity index (χ1n) is 5.67. The third-order valence-corrected chi connectivity index (χ3v) is 4.26. The van der Waals surface area contributed by atoms with Crippen LogP contribution in [0.5, 0.6) is 0 Å². The SMILES string of the molecule is NC1(c2noc(-c3ccc(I)cc3Cl)n2)CCC1. The summed E-state index contributed by atoms with van der Waals surface area (Å²) >= 11 is 8.38. The van der Waals surface area contributed by atoms with Gasteiger partial charge in [0.15, 0.2) is 5.82 Å². The first kappa shape index (κ1) is 12.4. The number of benzene rings is 1. The molecule has 18 heavy (non-hydrogen) atoms. The molecule has 4 nitrogen and oxygen atoms in total. The van der Waals surface area contributed by atoms with Crippen LogP contribution < -0.4 is 5.73 Å². The van der Waals surface area contributed by atoms with Crippen LogP contribution in [0.15, 0.2) is 22.7 Å². The summed E-state index contributed by atoms with van der Waals surface area (Å²) in [5.74, 6) is 1.02. The van der Waals surface area contributed by atoms with Crippen LogP contribution in [0.1, 0.15) is 25.1 Å². The largest absolute Gasteiger partial charge is 0.334 e. The van der Waals surface area contributed by atoms with Crippen molar-refractivity contribution in [3.8, 4) is 11.5 Å². The molecule has 3 rings (SSSR count). The Morgan fingerprint density at radius 1 is 1.39 bits per heavy atom. The van der Waals surface area contributed by atoms with Crippen molar-refractivity contribution < 1.29 is 4.52 Å². The Balaban J connectivity index is 1.97. The van der Waals surface area contributed by atoms with E-state index in [-0.39, 0.29) is 0 Å². The number of halogens is 2. The first-order valence-corrected chi connectivity index (χ1v) is 7.13. The molecular weight excluding hydrogens is 365 g/mol. The lowest BCUT2D eigenvalue weighted by atomic mass is 9.77. The van der Waals surface area contributed by atoms with E-state index in [9.17, 15) is 0 Å². The molecule has 1 saturated carbocycles. The Morgan fingerprint density at radius 3 is 2.78 bits per heavy atom. The Bertz CT molecular complexity index is 595. The van der Waals surface area contributed by atoms with E-state index in [0.717, 1.165) is 28.4 Å². The third kappa shape index (κ3) is 2.04. The molecule has 94 valence electrons. The van der Waals surface area contributed by atoms with Crippen LogP contribution >= 0.6 is 34.2 Å². The van der Waals surface area contributed by atoms with Crippen LogP contribution in [0.3, 0.4) is 0 Å². The second-order valence-electron chi connectivity index (χ2n) is 4.56. The third-order valence-electron chi connectivity index (χ3n) is 3.28. The van der Waals surface area contributed by atoms with Gasteiger partial charge in [0.05, 0.1) is 16.1 Å². The maximum atomic E-state index is 6.17. The highest BCUT2D eigenvalue weighted by Crippen LogP contribution is 2.38. The van der Waals surface area contributed by atoms with E-state index in [0.29, 0.717) is 16.7 Å². The highest BCUT2D eigenvalue weighted by molar-refractivity contribution is 14.1. The zero-order valence-electron chi connectivity index (χ0n) is 9.49. The van der Waals surface area contributed by atoms with Crippen LogP contribution in [0.25, 0.3) is 11.5 Å². The summed E-state index contributed by atoms with van der Waals surface area (Å²) in [5, 5.41) is 4.59. The van der Waals surface area contributed by atoms with Crippen molar-refractivity contribution in [3.63, 3.8) is 0 Å². The molecule has 0 saturated heterocycles. The molecule has 1 fully saturated rings. The van der Waals surface area contributed by atoms with Crippen molar-refractivity contribution in [2.45, 2.75) is 24.8 Å². The van der Waals surface area contributed by atoms with E-state index in [1.807, 2.05) is 18.2 Å². The average Bonchev–Trinajstić information content (AvgIpc) is 2.75. The lowest BCUT2D eigenvalue weighted by molar-refractivity contribution is 0.229. The minimum atomic E-state index is -0.405. The zero-order valence-corrected chi connectivity index (χ0v) is 12.4. The predicted octanol–water partition coefficient (Wildman–Crippen LogP) is 3.33. The van der Waals surface area contributed by atoms with Crippen molar-refractivity contribution in [1.29, 1.82) is 0 Å². The van der Waals surface area contributed by atoms with E-state index >= 15 is 0 Å². The second-order valence-corrected chi connectivity index (χ2v) is 6.21. The normalized spacial score (nSPS) is 17.5. The van der Waals surface area contributed by atoms with Crippen molar-refractivity contribution in [1.82, 2.24) is 10.1 Å². The maximum Gasteiger partial charge on any atom is 0.259 e. The Labute approximate surface area is 123 Å². The molecule has 1 aromatic heterocycles. The molecule has 0 aliphatic heterocycles. The first-order chi connectivity index (χ1) is 8.58. The standard InChI is InChI=1S/C12H11ClIN3O/c13-9-6-7(14)2-3-8(9)10-16-11(17-18-10)12(15)4-1-5-12/h2-3,6H,1,4-5,15H2. The van der Waals surface area contributed by atoms with Gasteiger partial charge in [-0.2, -0.15) is 4.98 Å². The van der Waals surface area contributed by atoms with E-state index in [2.05, 4.69) is 32.7 Å². The van der Waals surface area contributed by atoms with Gasteiger partial charge in [-0.25, -0.2) is 0 Å². The number of hydrogen-bond acceptors (Lipinski definition) is 4. The molecule has 1 aromatic carbocycles. The van der Waals surface area contributed by atoms with Gasteiger partial charge >= 0.3 is 0 Å². The minimum absolute atomic E-state index is 0.405. The molecular formula is C12H11ClIN3O. The smallest absolute Gasteiger partial charge is 0.259 e. The van der Waals surface area contributed by atoms with Crippen molar-refractivity contribution in [2.24, 2.45) is 5.73 Å². The Kier molecular flexibility index (Phi) is 3.07. The molecule has 1 aliphatic carbocycles. The fraction of sp³-hybridized carbons (Fsp3) is 0.333. The zero-order chi connectivity index (χ0) is 12.8. The van der Waals surface area contributed by atoms with Gasteiger partial charge in [0, 0.05) is 3.57 Å². The molecule has 6 heteroatoms. The van der Waals surface area contributed by atoms with Crippen LogP contribution in [0, 0.1) is 3.57 Å². The van der Waals surface area contributed by atoms with Gasteiger partial charge in [0.25, 0.3) is 5.89 Å². The average molecular weight is 376 g/mol. The van der Waals surface area contributed by atoms with Gasteiger partial charge in [0.1, 0.15) is 0 Å². The van der Waals surface area contributed by atoms with Gasteiger partial charge < -0.3 is 10.3 Å². The number of aromatic nitrogens is 2. The van der Waals surface area contributed by atoms with Crippen molar-refractivity contribution in [3.05, 3.63) is 32.6 Å². The quantitative estimate of drug-likeness (QED) is 0.818. The fourth-order valence-corrected chi connectivity index (χ4v) is 2.92. The lowest BCUT2D eigenvalue weighted by Gasteiger charge is -2.34. The van der Waals surface area contributed by atoms with Gasteiger partial charge in [-0.05, 0) is 60.1 Å². The molecule has 0 bridgehead atoms. The lowest BCUT2D eigenvalue weighted by Crippen LogP contribution is -2.44. The monoisotopic (exact) mass is 375 g/mol. The highest BCUT2D eigenvalue weighted by Gasteiger charge is 2.39. The summed E-state index contributed by atoms with van der Waals surface area (Å²) in [6, 6.07) is 5.70. The van der Waals surface area contributed by atoms with E-state index in [1.165, 1.54) is 0 Å². The molecule has 1 heterocycles. The van der Waals surface area contributed by atoms with E-state index in [1.54, 1.807) is 0 Å². The summed E-state index contributed by atoms with van der Waals surface area (Å²) in [4.78, 5) is 4.38. The van der Waals surface area contributed by atoms with Crippen molar-refractivity contribution in [2.75, 3.05) is 0 Å². The van der Waals surface area contributed by atoms with E-state index in [4.69, 9.17) is 21.9 Å². The Hall–Kier alpha value is -0.660. The van der Waals surface area contributed by atoms with Gasteiger partial charge in [0.2, 0.25) is 0 Å². The topological polar surface area (TPSA) is 64.9 Å². The molecule has 0 radical (unpaired) electrons. The molecule has 0 spiro atoms. The number of nitrogens with zero attached hydrogens (tertiary/aromatic N) is 2.